The van der Waals surface area contributed by atoms with Gasteiger partial charge in [-0.2, -0.15) is 5.10 Å². The maximum atomic E-state index is 11.8. The van der Waals surface area contributed by atoms with Gasteiger partial charge < -0.3 is 20.0 Å². The Hall–Kier alpha value is -4.44. The zero-order chi connectivity index (χ0) is 23.8. The van der Waals surface area contributed by atoms with Gasteiger partial charge in [0.2, 0.25) is 0 Å². The number of aryl methyl sites for hydroxylation is 1. The van der Waals surface area contributed by atoms with Crippen LogP contribution in [0.5, 0.6) is 0 Å². The summed E-state index contributed by atoms with van der Waals surface area (Å²) in [5, 5.41) is 19.4. The molecule has 0 unspecified atom stereocenters. The van der Waals surface area contributed by atoms with E-state index in [0.29, 0.717) is 33.5 Å². The number of pyridine rings is 1. The maximum Gasteiger partial charge on any atom is 0.320 e. The first-order valence-electron chi connectivity index (χ1n) is 10.2. The van der Waals surface area contributed by atoms with Crippen molar-refractivity contribution in [2.24, 2.45) is 7.05 Å². The summed E-state index contributed by atoms with van der Waals surface area (Å²) in [7, 11) is 1.86. The number of nitrogens with zero attached hydrogens (tertiary/aromatic N) is 5. The second-order valence-corrected chi connectivity index (χ2v) is 8.10. The molecule has 0 aliphatic heterocycles. The maximum absolute atomic E-state index is 11.8. The van der Waals surface area contributed by atoms with E-state index in [1.165, 1.54) is 0 Å². The first kappa shape index (κ1) is 21.4. The van der Waals surface area contributed by atoms with Gasteiger partial charge in [0.25, 0.3) is 11.8 Å². The SMILES string of the molecule is C=C(C)C(=O)Nc1ccc(Nc2nnc(-c3c[nH]c4ncc(-c5cnn(C)c5)cc34)o2)c(Cl)c1. The van der Waals surface area contributed by atoms with Gasteiger partial charge in [0.15, 0.2) is 0 Å². The monoisotopic (exact) mass is 474 g/mol. The topological polar surface area (TPSA) is 127 Å². The number of benzene rings is 1. The molecule has 0 aliphatic rings. The summed E-state index contributed by atoms with van der Waals surface area (Å²) in [6.45, 7) is 5.24. The van der Waals surface area contributed by atoms with Gasteiger partial charge in [-0.15, -0.1) is 5.10 Å². The summed E-state index contributed by atoms with van der Waals surface area (Å²) >= 11 is 6.36. The van der Waals surface area contributed by atoms with Crippen LogP contribution in [0.1, 0.15) is 6.92 Å². The Morgan fingerprint density at radius 2 is 2.06 bits per heavy atom. The number of carbonyl (C=O) groups is 1. The Morgan fingerprint density at radius 1 is 1.21 bits per heavy atom. The fraction of sp³-hybridized carbons (Fsp3) is 0.0870. The molecule has 0 saturated heterocycles. The predicted molar refractivity (Wildman–Crippen MR) is 130 cm³/mol. The molecule has 4 heterocycles. The minimum Gasteiger partial charge on any atom is -0.403 e. The Bertz CT molecular complexity index is 1550. The second kappa shape index (κ2) is 8.49. The van der Waals surface area contributed by atoms with Crippen molar-refractivity contribution in [2.45, 2.75) is 6.92 Å². The Kier molecular flexibility index (Phi) is 5.34. The Labute approximate surface area is 198 Å². The van der Waals surface area contributed by atoms with Crippen LogP contribution in [-0.4, -0.2) is 35.9 Å². The molecule has 11 heteroatoms. The second-order valence-electron chi connectivity index (χ2n) is 7.69. The summed E-state index contributed by atoms with van der Waals surface area (Å²) in [4.78, 5) is 19.4. The highest BCUT2D eigenvalue weighted by atomic mass is 35.5. The van der Waals surface area contributed by atoms with Crippen molar-refractivity contribution in [1.82, 2.24) is 29.9 Å². The van der Waals surface area contributed by atoms with Crippen LogP contribution in [0.25, 0.3) is 33.6 Å². The molecule has 1 aromatic carbocycles. The smallest absolute Gasteiger partial charge is 0.320 e. The number of fused-ring (bicyclic) bond motifs is 1. The number of rotatable bonds is 6. The van der Waals surface area contributed by atoms with E-state index in [4.69, 9.17) is 16.0 Å². The van der Waals surface area contributed by atoms with Gasteiger partial charge in [-0.1, -0.05) is 23.3 Å². The normalized spacial score (nSPS) is 11.0. The molecule has 10 nitrogen and oxygen atoms in total. The number of anilines is 3. The minimum absolute atomic E-state index is 0.168. The number of nitrogens with one attached hydrogen (secondary N) is 3. The van der Waals surface area contributed by atoms with Crippen LogP contribution in [-0.2, 0) is 11.8 Å². The molecular formula is C23H19ClN8O2. The third kappa shape index (κ3) is 4.14. The van der Waals surface area contributed by atoms with Crippen molar-refractivity contribution in [3.63, 3.8) is 0 Å². The van der Waals surface area contributed by atoms with Crippen LogP contribution >= 0.6 is 11.6 Å². The largest absolute Gasteiger partial charge is 0.403 e. The lowest BCUT2D eigenvalue weighted by atomic mass is 10.1. The van der Waals surface area contributed by atoms with Crippen LogP contribution in [0.15, 0.2) is 65.6 Å². The Morgan fingerprint density at radius 3 is 2.79 bits per heavy atom. The lowest BCUT2D eigenvalue weighted by Crippen LogP contribution is -2.11. The summed E-state index contributed by atoms with van der Waals surface area (Å²) in [6.07, 6.45) is 7.25. The zero-order valence-electron chi connectivity index (χ0n) is 18.3. The Balaban J connectivity index is 1.39. The number of aromatic nitrogens is 6. The molecule has 0 radical (unpaired) electrons. The van der Waals surface area contributed by atoms with Crippen molar-refractivity contribution < 1.29 is 9.21 Å². The first-order valence-corrected chi connectivity index (χ1v) is 10.6. The van der Waals surface area contributed by atoms with Gasteiger partial charge in [0.05, 0.1) is 22.5 Å². The molecule has 4 aromatic heterocycles. The molecule has 5 rings (SSSR count). The van der Waals surface area contributed by atoms with E-state index in [1.807, 2.05) is 19.3 Å². The third-order valence-electron chi connectivity index (χ3n) is 5.08. The van der Waals surface area contributed by atoms with E-state index >= 15 is 0 Å². The first-order chi connectivity index (χ1) is 16.4. The van der Waals surface area contributed by atoms with E-state index in [9.17, 15) is 4.79 Å². The molecule has 0 atom stereocenters. The van der Waals surface area contributed by atoms with Crippen LogP contribution in [0, 0.1) is 0 Å². The van der Waals surface area contributed by atoms with Gasteiger partial charge >= 0.3 is 6.01 Å². The lowest BCUT2D eigenvalue weighted by Gasteiger charge is -2.08. The van der Waals surface area contributed by atoms with Crippen molar-refractivity contribution in [2.75, 3.05) is 10.6 Å². The lowest BCUT2D eigenvalue weighted by molar-refractivity contribution is -0.112. The molecule has 3 N–H and O–H groups in total. The van der Waals surface area contributed by atoms with Crippen molar-refractivity contribution in [3.05, 3.63) is 66.2 Å². The average molecular weight is 475 g/mol. The number of H-pyrrole nitrogens is 1. The molecule has 0 bridgehead atoms. The summed E-state index contributed by atoms with van der Waals surface area (Å²) in [5.41, 5.74) is 4.79. The van der Waals surface area contributed by atoms with Crippen LogP contribution < -0.4 is 10.6 Å². The summed E-state index contributed by atoms with van der Waals surface area (Å²) in [5.74, 6) is 0.0403. The highest BCUT2D eigenvalue weighted by Crippen LogP contribution is 2.33. The van der Waals surface area contributed by atoms with Gasteiger partial charge in [-0.05, 0) is 31.2 Å². The van der Waals surface area contributed by atoms with Gasteiger partial charge in [0, 0.05) is 53.4 Å². The van der Waals surface area contributed by atoms with E-state index in [-0.39, 0.29) is 11.9 Å². The molecule has 0 saturated carbocycles. The fourth-order valence-electron chi connectivity index (χ4n) is 3.34. The van der Waals surface area contributed by atoms with E-state index < -0.39 is 0 Å². The van der Waals surface area contributed by atoms with Crippen LogP contribution in [0.3, 0.4) is 0 Å². The van der Waals surface area contributed by atoms with Crippen molar-refractivity contribution >= 4 is 45.9 Å². The van der Waals surface area contributed by atoms with E-state index in [2.05, 4.69) is 42.5 Å². The van der Waals surface area contributed by atoms with Gasteiger partial charge in [0.1, 0.15) is 5.65 Å². The molecule has 0 aliphatic carbocycles. The van der Waals surface area contributed by atoms with E-state index in [0.717, 1.165) is 22.1 Å². The zero-order valence-corrected chi connectivity index (χ0v) is 19.0. The number of halogens is 1. The fourth-order valence-corrected chi connectivity index (χ4v) is 3.57. The number of hydrogen-bond acceptors (Lipinski definition) is 7. The number of amides is 1. The minimum atomic E-state index is -0.279. The summed E-state index contributed by atoms with van der Waals surface area (Å²) in [6, 6.07) is 7.19. The van der Waals surface area contributed by atoms with Gasteiger partial charge in [-0.25, -0.2) is 4.98 Å². The predicted octanol–water partition coefficient (Wildman–Crippen LogP) is 4.93. The number of aromatic amines is 1. The van der Waals surface area contributed by atoms with Crippen LogP contribution in [0.2, 0.25) is 5.02 Å². The third-order valence-corrected chi connectivity index (χ3v) is 5.39. The van der Waals surface area contributed by atoms with Crippen LogP contribution in [0.4, 0.5) is 17.4 Å². The van der Waals surface area contributed by atoms with Gasteiger partial charge in [-0.3, -0.25) is 9.48 Å². The highest BCUT2D eigenvalue weighted by molar-refractivity contribution is 6.33. The average Bonchev–Trinajstić information content (AvgIpc) is 3.54. The number of carbonyl (C=O) groups excluding carboxylic acids is 1. The summed E-state index contributed by atoms with van der Waals surface area (Å²) < 4.78 is 7.57. The quantitative estimate of drug-likeness (QED) is 0.298. The molecule has 1 amide bonds. The van der Waals surface area contributed by atoms with Crippen molar-refractivity contribution in [1.29, 1.82) is 0 Å². The molecule has 0 fully saturated rings. The van der Waals surface area contributed by atoms with E-state index in [1.54, 1.807) is 48.4 Å². The molecule has 5 aromatic rings. The molecular weight excluding hydrogens is 456 g/mol. The highest BCUT2D eigenvalue weighted by Gasteiger charge is 2.16. The van der Waals surface area contributed by atoms with Crippen molar-refractivity contribution in [3.8, 4) is 22.6 Å². The molecule has 0 spiro atoms. The standard InChI is InChI=1S/C23H19ClN8O2/c1-12(2)21(33)28-15-4-5-19(18(24)7-15)29-23-31-30-22(34-23)17-10-26-20-16(17)6-13(8-25-20)14-9-27-32(3)11-14/h4-11H,1H2,2-3H3,(H,25,26)(H,28,33)(H,29,31). The number of hydrogen-bond donors (Lipinski definition) is 3. The molecule has 170 valence electrons. The molecule has 34 heavy (non-hydrogen) atoms.